The van der Waals surface area contributed by atoms with Crippen LogP contribution in [0.25, 0.3) is 5.00 Å². The monoisotopic (exact) mass is 483 g/mol. The van der Waals surface area contributed by atoms with Gasteiger partial charge in [0.2, 0.25) is 0 Å². The number of esters is 1. The van der Waals surface area contributed by atoms with Crippen LogP contribution in [-0.4, -0.2) is 28.6 Å². The molecule has 0 unspecified atom stereocenters. The molecule has 1 aliphatic carbocycles. The van der Waals surface area contributed by atoms with Crippen LogP contribution in [-0.2, 0) is 24.1 Å². The Labute approximate surface area is 202 Å². The number of methoxy groups -OCH3 is 1. The molecule has 1 aliphatic heterocycles. The number of aromatic nitrogens is 1. The van der Waals surface area contributed by atoms with Gasteiger partial charge < -0.3 is 19.5 Å². The van der Waals surface area contributed by atoms with Gasteiger partial charge in [0.1, 0.15) is 5.00 Å². The molecule has 1 N–H and O–H groups in total. The van der Waals surface area contributed by atoms with Gasteiger partial charge in [-0.1, -0.05) is 18.5 Å². The number of ether oxygens (including phenoxy) is 1. The summed E-state index contributed by atoms with van der Waals surface area (Å²) in [6.45, 7) is 2.62. The average molecular weight is 484 g/mol. The summed E-state index contributed by atoms with van der Waals surface area (Å²) in [5.74, 6) is -0.520. The van der Waals surface area contributed by atoms with Crippen molar-refractivity contribution < 1.29 is 14.3 Å². The Bertz CT molecular complexity index is 1230. The molecule has 33 heavy (non-hydrogen) atoms. The first-order valence-corrected chi connectivity index (χ1v) is 12.5. The Morgan fingerprint density at radius 1 is 1.21 bits per heavy atom. The molecule has 1 atom stereocenters. The van der Waals surface area contributed by atoms with Crippen LogP contribution in [0.3, 0.4) is 0 Å². The minimum Gasteiger partial charge on any atom is -0.465 e. The molecule has 3 heterocycles. The predicted octanol–water partition coefficient (Wildman–Crippen LogP) is 6.36. The van der Waals surface area contributed by atoms with Gasteiger partial charge in [-0.2, -0.15) is 0 Å². The minimum absolute atomic E-state index is 0.0976. The number of urea groups is 1. The summed E-state index contributed by atoms with van der Waals surface area (Å²) in [5, 5.41) is 4.61. The van der Waals surface area contributed by atoms with Crippen molar-refractivity contribution in [3.8, 4) is 5.00 Å². The van der Waals surface area contributed by atoms with Gasteiger partial charge in [0, 0.05) is 27.4 Å². The van der Waals surface area contributed by atoms with Crippen molar-refractivity contribution in [2.45, 2.75) is 51.6 Å². The van der Waals surface area contributed by atoms with Gasteiger partial charge >= 0.3 is 12.0 Å². The fourth-order valence-electron chi connectivity index (χ4n) is 5.00. The SMILES string of the molecule is CC[C@H]1c2cccn2-c2sc3c(c2CN1C(=O)Nc1cc(Cl)ccc1C(=O)OC)CCCC3. The van der Waals surface area contributed by atoms with Crippen molar-refractivity contribution in [1.82, 2.24) is 9.47 Å². The lowest BCUT2D eigenvalue weighted by molar-refractivity contribution is 0.0602. The van der Waals surface area contributed by atoms with Crippen molar-refractivity contribution in [3.05, 3.63) is 68.8 Å². The van der Waals surface area contributed by atoms with Crippen molar-refractivity contribution in [2.24, 2.45) is 0 Å². The molecule has 2 amide bonds. The van der Waals surface area contributed by atoms with Crippen LogP contribution in [0.2, 0.25) is 5.02 Å². The largest absolute Gasteiger partial charge is 0.465 e. The summed E-state index contributed by atoms with van der Waals surface area (Å²) < 4.78 is 7.15. The summed E-state index contributed by atoms with van der Waals surface area (Å²) >= 11 is 8.05. The number of aryl methyl sites for hydroxylation is 1. The number of fused-ring (bicyclic) bond motifs is 5. The van der Waals surface area contributed by atoms with Gasteiger partial charge in [-0.25, -0.2) is 9.59 Å². The van der Waals surface area contributed by atoms with E-state index in [2.05, 4.69) is 29.1 Å². The topological polar surface area (TPSA) is 63.6 Å². The minimum atomic E-state index is -0.520. The van der Waals surface area contributed by atoms with Crippen LogP contribution in [0.4, 0.5) is 10.5 Å². The van der Waals surface area contributed by atoms with E-state index in [9.17, 15) is 9.59 Å². The Morgan fingerprint density at radius 3 is 2.82 bits per heavy atom. The third-order valence-corrected chi connectivity index (χ3v) is 8.15. The van der Waals surface area contributed by atoms with Gasteiger partial charge in [0.25, 0.3) is 0 Å². The second-order valence-electron chi connectivity index (χ2n) is 8.46. The number of hydrogen-bond acceptors (Lipinski definition) is 4. The van der Waals surface area contributed by atoms with Crippen molar-refractivity contribution in [1.29, 1.82) is 0 Å². The summed E-state index contributed by atoms with van der Waals surface area (Å²) in [7, 11) is 1.32. The van der Waals surface area contributed by atoms with Gasteiger partial charge in [-0.05, 0) is 68.0 Å². The van der Waals surface area contributed by atoms with E-state index in [4.69, 9.17) is 16.3 Å². The molecule has 0 fully saturated rings. The Hall–Kier alpha value is -2.77. The number of rotatable bonds is 3. The van der Waals surface area contributed by atoms with Crippen LogP contribution < -0.4 is 5.32 Å². The maximum Gasteiger partial charge on any atom is 0.339 e. The van der Waals surface area contributed by atoms with E-state index in [0.717, 1.165) is 25.0 Å². The van der Waals surface area contributed by atoms with Crippen molar-refractivity contribution >= 4 is 40.6 Å². The van der Waals surface area contributed by atoms with E-state index in [-0.39, 0.29) is 17.6 Å². The van der Waals surface area contributed by atoms with Crippen LogP contribution in [0.5, 0.6) is 0 Å². The van der Waals surface area contributed by atoms with Crippen molar-refractivity contribution in [2.75, 3.05) is 12.4 Å². The Kier molecular flexibility index (Phi) is 5.93. The van der Waals surface area contributed by atoms with E-state index in [1.54, 1.807) is 18.2 Å². The summed E-state index contributed by atoms with van der Waals surface area (Å²) in [5.41, 5.74) is 4.38. The fraction of sp³-hybridized carbons (Fsp3) is 0.360. The zero-order chi connectivity index (χ0) is 23.1. The molecule has 3 aromatic rings. The van der Waals surface area contributed by atoms with E-state index in [1.807, 2.05) is 22.3 Å². The molecule has 2 aliphatic rings. The summed E-state index contributed by atoms with van der Waals surface area (Å²) in [6.07, 6.45) is 7.45. The molecular formula is C25H26ClN3O3S. The zero-order valence-corrected chi connectivity index (χ0v) is 20.3. The highest BCUT2D eigenvalue weighted by molar-refractivity contribution is 7.15. The number of benzene rings is 1. The first kappa shape index (κ1) is 22.0. The summed E-state index contributed by atoms with van der Waals surface area (Å²) in [4.78, 5) is 29.3. The van der Waals surface area contributed by atoms with E-state index < -0.39 is 5.97 Å². The zero-order valence-electron chi connectivity index (χ0n) is 18.7. The lowest BCUT2D eigenvalue weighted by Gasteiger charge is -2.30. The number of halogens is 1. The molecule has 0 radical (unpaired) electrons. The first-order valence-electron chi connectivity index (χ1n) is 11.3. The second kappa shape index (κ2) is 8.88. The summed E-state index contributed by atoms with van der Waals surface area (Å²) in [6, 6.07) is 8.56. The molecule has 1 aromatic carbocycles. The number of hydrogen-bond donors (Lipinski definition) is 1. The van der Waals surface area contributed by atoms with Crippen LogP contribution in [0.1, 0.15) is 64.3 Å². The molecule has 2 aromatic heterocycles. The molecule has 5 rings (SSSR count). The second-order valence-corrected chi connectivity index (χ2v) is 9.98. The van der Waals surface area contributed by atoms with Crippen LogP contribution in [0, 0.1) is 0 Å². The highest BCUT2D eigenvalue weighted by Crippen LogP contribution is 2.43. The Balaban J connectivity index is 1.56. The number of nitrogens with zero attached hydrogens (tertiary/aromatic N) is 2. The number of anilines is 1. The number of carbonyl (C=O) groups is 2. The standard InChI is InChI=1S/C25H26ClN3O3S/c1-3-20-21-8-6-12-28(21)23-18(16-7-4-5-9-22(16)33-23)14-29(20)25(31)27-19-13-15(26)10-11-17(19)24(30)32-2/h6,8,10-13,20H,3-5,7,9,14H2,1-2H3,(H,27,31)/t20-/m0/s1. The van der Waals surface area contributed by atoms with E-state index >= 15 is 0 Å². The third kappa shape index (κ3) is 3.83. The van der Waals surface area contributed by atoms with Crippen LogP contribution >= 0.6 is 22.9 Å². The molecule has 8 heteroatoms. The molecule has 172 valence electrons. The van der Waals surface area contributed by atoms with E-state index in [1.165, 1.54) is 41.0 Å². The molecule has 0 saturated carbocycles. The van der Waals surface area contributed by atoms with Crippen molar-refractivity contribution in [3.63, 3.8) is 0 Å². The number of carbonyl (C=O) groups excluding carboxylic acids is 2. The normalized spacial score (nSPS) is 16.9. The third-order valence-electron chi connectivity index (χ3n) is 6.58. The molecule has 6 nitrogen and oxygen atoms in total. The number of nitrogens with one attached hydrogen (secondary N) is 1. The maximum atomic E-state index is 13.7. The highest BCUT2D eigenvalue weighted by atomic mass is 35.5. The lowest BCUT2D eigenvalue weighted by atomic mass is 9.95. The predicted molar refractivity (Wildman–Crippen MR) is 131 cm³/mol. The quantitative estimate of drug-likeness (QED) is 0.441. The van der Waals surface area contributed by atoms with Gasteiger partial charge in [0.05, 0.1) is 30.9 Å². The van der Waals surface area contributed by atoms with Gasteiger partial charge in [0.15, 0.2) is 0 Å². The highest BCUT2D eigenvalue weighted by Gasteiger charge is 2.34. The first-order chi connectivity index (χ1) is 16.0. The van der Waals surface area contributed by atoms with E-state index in [0.29, 0.717) is 17.3 Å². The lowest BCUT2D eigenvalue weighted by Crippen LogP contribution is -2.37. The maximum absolute atomic E-state index is 13.7. The van der Waals surface area contributed by atoms with Gasteiger partial charge in [-0.15, -0.1) is 11.3 Å². The number of amides is 2. The smallest absolute Gasteiger partial charge is 0.339 e. The number of thiophene rings is 1. The fourth-order valence-corrected chi connectivity index (χ4v) is 6.58. The van der Waals surface area contributed by atoms with Crippen LogP contribution in [0.15, 0.2) is 36.5 Å². The average Bonchev–Trinajstić information content (AvgIpc) is 3.40. The molecule has 0 spiro atoms. The molecular weight excluding hydrogens is 458 g/mol. The Morgan fingerprint density at radius 2 is 2.03 bits per heavy atom. The molecule has 0 saturated heterocycles. The van der Waals surface area contributed by atoms with Gasteiger partial charge in [-0.3, -0.25) is 0 Å². The molecule has 0 bridgehead atoms.